The Bertz CT molecular complexity index is 2670. The van der Waals surface area contributed by atoms with Crippen LogP contribution in [0, 0.1) is 11.3 Å². The molecule has 2 heterocycles. The fourth-order valence-corrected chi connectivity index (χ4v) is 8.94. The largest absolute Gasteiger partial charge is 0.192 e. The van der Waals surface area contributed by atoms with Crippen molar-refractivity contribution in [1.82, 2.24) is 0 Å². The zero-order chi connectivity index (χ0) is 30.6. The molecule has 0 aliphatic rings. The average Bonchev–Trinajstić information content (AvgIpc) is 3.69. The lowest BCUT2D eigenvalue weighted by Gasteiger charge is -2.17. The van der Waals surface area contributed by atoms with Crippen LogP contribution in [0.4, 0.5) is 0 Å². The zero-order valence-electron chi connectivity index (χ0n) is 24.7. The second-order valence-corrected chi connectivity index (χ2v) is 13.7. The lowest BCUT2D eigenvalue weighted by atomic mass is 9.86. The number of hydrogen-bond acceptors (Lipinski definition) is 3. The first kappa shape index (κ1) is 26.8. The molecule has 0 spiro atoms. The number of rotatable bonds is 4. The van der Waals surface area contributed by atoms with Crippen molar-refractivity contribution >= 4 is 63.0 Å². The molecule has 0 bridgehead atoms. The van der Waals surface area contributed by atoms with Crippen LogP contribution >= 0.6 is 22.7 Å². The van der Waals surface area contributed by atoms with Crippen LogP contribution in [0.25, 0.3) is 84.9 Å². The van der Waals surface area contributed by atoms with E-state index in [9.17, 15) is 5.26 Å². The molecule has 0 fully saturated rings. The van der Waals surface area contributed by atoms with E-state index in [1.165, 1.54) is 62.6 Å². The van der Waals surface area contributed by atoms with Gasteiger partial charge in [-0.05, 0) is 87.5 Å². The van der Waals surface area contributed by atoms with Crippen molar-refractivity contribution in [3.05, 3.63) is 157 Å². The van der Waals surface area contributed by atoms with Crippen molar-refractivity contribution in [3.63, 3.8) is 0 Å². The molecule has 1 nitrogen and oxygen atoms in total. The van der Waals surface area contributed by atoms with Crippen LogP contribution in [0.5, 0.6) is 0 Å². The molecule has 2 aromatic heterocycles. The summed E-state index contributed by atoms with van der Waals surface area (Å²) in [6.45, 7) is 0. The van der Waals surface area contributed by atoms with Gasteiger partial charge in [-0.15, -0.1) is 22.7 Å². The molecule has 7 aromatic carbocycles. The van der Waals surface area contributed by atoms with Gasteiger partial charge in [-0.1, -0.05) is 103 Å². The quantitative estimate of drug-likeness (QED) is 0.192. The van der Waals surface area contributed by atoms with Crippen molar-refractivity contribution in [2.45, 2.75) is 0 Å². The van der Waals surface area contributed by atoms with Crippen molar-refractivity contribution < 1.29 is 0 Å². The Morgan fingerprint density at radius 1 is 0.348 bits per heavy atom. The Balaban J connectivity index is 1.30. The minimum Gasteiger partial charge on any atom is -0.192 e. The van der Waals surface area contributed by atoms with Crippen LogP contribution in [-0.4, -0.2) is 0 Å². The Hall–Kier alpha value is -5.53. The maximum Gasteiger partial charge on any atom is 0.0998 e. The smallest absolute Gasteiger partial charge is 0.0998 e. The van der Waals surface area contributed by atoms with E-state index in [0.717, 1.165) is 22.3 Å². The number of fused-ring (bicyclic) bond motifs is 6. The number of thiophene rings is 2. The Morgan fingerprint density at radius 2 is 0.826 bits per heavy atom. The number of benzene rings is 7. The summed E-state index contributed by atoms with van der Waals surface area (Å²) in [5.74, 6) is 0. The van der Waals surface area contributed by atoms with Crippen molar-refractivity contribution in [2.75, 3.05) is 0 Å². The second kappa shape index (κ2) is 10.8. The minimum atomic E-state index is 0.675. The highest BCUT2D eigenvalue weighted by Crippen LogP contribution is 2.44. The van der Waals surface area contributed by atoms with Crippen LogP contribution in [0.2, 0.25) is 0 Å². The summed E-state index contributed by atoms with van der Waals surface area (Å²) in [7, 11) is 0. The molecule has 0 radical (unpaired) electrons. The first-order chi connectivity index (χ1) is 22.7. The van der Waals surface area contributed by atoms with Gasteiger partial charge in [0, 0.05) is 45.9 Å². The highest BCUT2D eigenvalue weighted by molar-refractivity contribution is 7.26. The molecule has 0 amide bonds. The zero-order valence-corrected chi connectivity index (χ0v) is 26.3. The van der Waals surface area contributed by atoms with Gasteiger partial charge < -0.3 is 0 Å². The molecule has 0 unspecified atom stereocenters. The molecular formula is C43H25NS2. The Labute approximate surface area is 274 Å². The third-order valence-electron chi connectivity index (χ3n) is 8.97. The molecule has 0 saturated heterocycles. The molecule has 46 heavy (non-hydrogen) atoms. The molecule has 3 heteroatoms. The highest BCUT2D eigenvalue weighted by atomic mass is 32.1. The van der Waals surface area contributed by atoms with Crippen LogP contribution < -0.4 is 0 Å². The summed E-state index contributed by atoms with van der Waals surface area (Å²) in [5, 5.41) is 15.2. The SMILES string of the molecule is N#Cc1ccccc1-c1ccccc1-c1cc(-c2ccc3sc4ccccc4c3c2)ccc1-c1ccc2sc3ccccc3c2c1. The maximum atomic E-state index is 10.0. The van der Waals surface area contributed by atoms with Gasteiger partial charge >= 0.3 is 0 Å². The summed E-state index contributed by atoms with van der Waals surface area (Å²) < 4.78 is 5.21. The molecule has 9 rings (SSSR count). The maximum absolute atomic E-state index is 10.0. The summed E-state index contributed by atoms with van der Waals surface area (Å²) >= 11 is 3.69. The van der Waals surface area contributed by atoms with Crippen LogP contribution in [0.3, 0.4) is 0 Å². The second-order valence-electron chi connectivity index (χ2n) is 11.6. The molecular weight excluding hydrogens is 595 g/mol. The van der Waals surface area contributed by atoms with Gasteiger partial charge in [0.1, 0.15) is 0 Å². The summed E-state index contributed by atoms with van der Waals surface area (Å²) in [6.07, 6.45) is 0. The van der Waals surface area contributed by atoms with Gasteiger partial charge in [-0.3, -0.25) is 0 Å². The van der Waals surface area contributed by atoms with Crippen LogP contribution in [0.1, 0.15) is 5.56 Å². The fraction of sp³-hybridized carbons (Fsp3) is 0. The number of nitrogens with zero attached hydrogens (tertiary/aromatic N) is 1. The average molecular weight is 620 g/mol. The lowest BCUT2D eigenvalue weighted by Crippen LogP contribution is -1.92. The predicted octanol–water partition coefficient (Wildman–Crippen LogP) is 13.0. The lowest BCUT2D eigenvalue weighted by molar-refractivity contribution is 1.47. The van der Waals surface area contributed by atoms with Gasteiger partial charge in [0.25, 0.3) is 0 Å². The monoisotopic (exact) mass is 619 g/mol. The molecule has 0 aliphatic heterocycles. The van der Waals surface area contributed by atoms with E-state index in [0.29, 0.717) is 5.56 Å². The van der Waals surface area contributed by atoms with E-state index in [-0.39, 0.29) is 0 Å². The van der Waals surface area contributed by atoms with E-state index in [2.05, 4.69) is 140 Å². The molecule has 214 valence electrons. The first-order valence-corrected chi connectivity index (χ1v) is 16.9. The topological polar surface area (TPSA) is 23.8 Å². The summed E-state index contributed by atoms with van der Waals surface area (Å²) in [5.41, 5.74) is 9.65. The molecule has 0 aliphatic carbocycles. The molecule has 0 atom stereocenters. The van der Waals surface area contributed by atoms with Crippen molar-refractivity contribution in [3.8, 4) is 50.6 Å². The Kier molecular flexibility index (Phi) is 6.31. The minimum absolute atomic E-state index is 0.675. The summed E-state index contributed by atoms with van der Waals surface area (Å²) in [6, 6.07) is 56.7. The first-order valence-electron chi connectivity index (χ1n) is 15.3. The van der Waals surface area contributed by atoms with Crippen molar-refractivity contribution in [1.29, 1.82) is 5.26 Å². The van der Waals surface area contributed by atoms with E-state index in [1.54, 1.807) is 0 Å². The van der Waals surface area contributed by atoms with Crippen LogP contribution in [0.15, 0.2) is 152 Å². The molecule has 0 N–H and O–H groups in total. The number of hydrogen-bond donors (Lipinski definition) is 0. The van der Waals surface area contributed by atoms with Gasteiger partial charge in [0.2, 0.25) is 0 Å². The standard InChI is InChI=1S/C43H25NS2/c44-26-30-9-1-2-10-31(30)33-11-3-4-12-34(33)37-23-27(28-18-21-42-38(24-28)35-13-5-7-15-40(35)45-42)17-20-32(37)29-19-22-43-39(25-29)36-14-6-8-16-41(36)46-43/h1-25H. The van der Waals surface area contributed by atoms with Gasteiger partial charge in [0.05, 0.1) is 11.6 Å². The third-order valence-corrected chi connectivity index (χ3v) is 11.3. The van der Waals surface area contributed by atoms with Crippen molar-refractivity contribution in [2.24, 2.45) is 0 Å². The van der Waals surface area contributed by atoms with Crippen LogP contribution in [-0.2, 0) is 0 Å². The van der Waals surface area contributed by atoms with Gasteiger partial charge in [-0.25, -0.2) is 0 Å². The Morgan fingerprint density at radius 3 is 1.50 bits per heavy atom. The predicted molar refractivity (Wildman–Crippen MR) is 199 cm³/mol. The summed E-state index contributed by atoms with van der Waals surface area (Å²) in [4.78, 5) is 0. The third kappa shape index (κ3) is 4.35. The van der Waals surface area contributed by atoms with E-state index < -0.39 is 0 Å². The molecule has 0 saturated carbocycles. The van der Waals surface area contributed by atoms with E-state index in [1.807, 2.05) is 40.9 Å². The van der Waals surface area contributed by atoms with Gasteiger partial charge in [0.15, 0.2) is 0 Å². The normalized spacial score (nSPS) is 11.5. The van der Waals surface area contributed by atoms with Gasteiger partial charge in [-0.2, -0.15) is 5.26 Å². The highest BCUT2D eigenvalue weighted by Gasteiger charge is 2.17. The fourth-order valence-electron chi connectivity index (χ4n) is 6.77. The molecule has 9 aromatic rings. The van der Waals surface area contributed by atoms with E-state index >= 15 is 0 Å². The number of nitriles is 1. The van der Waals surface area contributed by atoms with E-state index in [4.69, 9.17) is 0 Å².